The van der Waals surface area contributed by atoms with E-state index in [0.29, 0.717) is 23.8 Å². The van der Waals surface area contributed by atoms with E-state index in [0.717, 1.165) is 26.2 Å². The van der Waals surface area contributed by atoms with E-state index in [1.54, 1.807) is 24.7 Å². The first kappa shape index (κ1) is 14.6. The highest BCUT2D eigenvalue weighted by Crippen LogP contribution is 2.16. The second kappa shape index (κ2) is 6.65. The third kappa shape index (κ3) is 3.14. The molecule has 1 atom stereocenters. The Labute approximate surface area is 128 Å². The Balaban J connectivity index is 1.76. The number of hydrogen-bond acceptors (Lipinski definition) is 5. The predicted molar refractivity (Wildman–Crippen MR) is 79.7 cm³/mol. The summed E-state index contributed by atoms with van der Waals surface area (Å²) >= 11 is 0. The first-order valence-corrected chi connectivity index (χ1v) is 7.46. The molecule has 116 valence electrons. The average molecular weight is 301 g/mol. The number of rotatable bonds is 5. The molecular weight excluding hydrogens is 282 g/mol. The van der Waals surface area contributed by atoms with E-state index in [2.05, 4.69) is 15.1 Å². The fraction of sp³-hybridized carbons (Fsp3) is 0.467. The number of nitrogens with zero attached hydrogens (tertiary/aromatic N) is 5. The van der Waals surface area contributed by atoms with E-state index in [1.165, 1.54) is 11.0 Å². The molecule has 0 aliphatic carbocycles. The van der Waals surface area contributed by atoms with Gasteiger partial charge in [0.1, 0.15) is 12.7 Å². The highest BCUT2D eigenvalue weighted by molar-refractivity contribution is 5.94. The fourth-order valence-corrected chi connectivity index (χ4v) is 2.58. The number of pyridine rings is 1. The minimum atomic E-state index is 0.0122. The van der Waals surface area contributed by atoms with E-state index in [-0.39, 0.29) is 5.91 Å². The molecule has 3 rings (SSSR count). The fourth-order valence-electron chi connectivity index (χ4n) is 2.58. The van der Waals surface area contributed by atoms with Crippen LogP contribution in [0.4, 0.5) is 0 Å². The van der Waals surface area contributed by atoms with Gasteiger partial charge in [0.15, 0.2) is 5.82 Å². The van der Waals surface area contributed by atoms with Crippen LogP contribution in [0.2, 0.25) is 0 Å². The van der Waals surface area contributed by atoms with Crippen molar-refractivity contribution in [2.45, 2.75) is 13.3 Å². The predicted octanol–water partition coefficient (Wildman–Crippen LogP) is 1.16. The molecule has 2 aromatic heterocycles. The van der Waals surface area contributed by atoms with Gasteiger partial charge in [0, 0.05) is 37.4 Å². The molecule has 0 bridgehead atoms. The van der Waals surface area contributed by atoms with Crippen LogP contribution >= 0.6 is 0 Å². The van der Waals surface area contributed by atoms with Gasteiger partial charge in [0.2, 0.25) is 0 Å². The Morgan fingerprint density at radius 2 is 2.45 bits per heavy atom. The Kier molecular flexibility index (Phi) is 4.43. The van der Waals surface area contributed by atoms with Gasteiger partial charge in [0.25, 0.3) is 5.91 Å². The molecule has 3 heterocycles. The molecule has 2 aromatic rings. The van der Waals surface area contributed by atoms with Crippen molar-refractivity contribution in [1.29, 1.82) is 0 Å². The van der Waals surface area contributed by atoms with Crippen molar-refractivity contribution in [3.63, 3.8) is 0 Å². The Bertz CT molecular complexity index is 623. The van der Waals surface area contributed by atoms with Crippen molar-refractivity contribution in [3.8, 4) is 5.82 Å². The number of carbonyl (C=O) groups is 1. The van der Waals surface area contributed by atoms with Crippen LogP contribution in [0.25, 0.3) is 5.82 Å². The van der Waals surface area contributed by atoms with Crippen LogP contribution in [0.1, 0.15) is 23.7 Å². The lowest BCUT2D eigenvalue weighted by Gasteiger charge is -2.23. The van der Waals surface area contributed by atoms with Crippen molar-refractivity contribution in [3.05, 3.63) is 36.5 Å². The second-order valence-electron chi connectivity index (χ2n) is 5.32. The molecule has 0 spiro atoms. The highest BCUT2D eigenvalue weighted by Gasteiger charge is 2.22. The first-order chi connectivity index (χ1) is 10.8. The maximum atomic E-state index is 12.7. The highest BCUT2D eigenvalue weighted by atomic mass is 16.5. The van der Waals surface area contributed by atoms with Crippen LogP contribution in [-0.4, -0.2) is 56.9 Å². The molecule has 1 aliphatic rings. The largest absolute Gasteiger partial charge is 0.381 e. The van der Waals surface area contributed by atoms with Gasteiger partial charge in [0.05, 0.1) is 6.61 Å². The Morgan fingerprint density at radius 1 is 1.55 bits per heavy atom. The number of aromatic nitrogens is 4. The van der Waals surface area contributed by atoms with E-state index >= 15 is 0 Å². The Morgan fingerprint density at radius 3 is 3.14 bits per heavy atom. The topological polar surface area (TPSA) is 73.1 Å². The van der Waals surface area contributed by atoms with Crippen LogP contribution in [0.5, 0.6) is 0 Å². The van der Waals surface area contributed by atoms with Gasteiger partial charge in [-0.1, -0.05) is 0 Å². The van der Waals surface area contributed by atoms with Gasteiger partial charge in [-0.15, -0.1) is 0 Å². The molecule has 1 aliphatic heterocycles. The van der Waals surface area contributed by atoms with Gasteiger partial charge in [-0.2, -0.15) is 5.10 Å². The zero-order chi connectivity index (χ0) is 15.4. The first-order valence-electron chi connectivity index (χ1n) is 7.46. The summed E-state index contributed by atoms with van der Waals surface area (Å²) in [4.78, 5) is 22.7. The zero-order valence-electron chi connectivity index (χ0n) is 12.6. The van der Waals surface area contributed by atoms with Gasteiger partial charge < -0.3 is 9.64 Å². The number of carbonyl (C=O) groups excluding carboxylic acids is 1. The summed E-state index contributed by atoms with van der Waals surface area (Å²) in [5.74, 6) is 1.03. The molecule has 1 fully saturated rings. The van der Waals surface area contributed by atoms with Gasteiger partial charge >= 0.3 is 0 Å². The minimum absolute atomic E-state index is 0.0122. The van der Waals surface area contributed by atoms with Crippen molar-refractivity contribution < 1.29 is 9.53 Å². The summed E-state index contributed by atoms with van der Waals surface area (Å²) in [7, 11) is 0. The van der Waals surface area contributed by atoms with E-state index in [1.807, 2.05) is 11.8 Å². The molecule has 0 radical (unpaired) electrons. The summed E-state index contributed by atoms with van der Waals surface area (Å²) in [6.45, 7) is 4.94. The standard InChI is InChI=1S/C15H19N5O2/c1-2-19(8-12-4-6-22-9-12)15(21)13-3-5-17-14(7-13)20-11-16-10-18-20/h3,5,7,10-12H,2,4,6,8-9H2,1H3/t12-/m0/s1. The smallest absolute Gasteiger partial charge is 0.254 e. The molecule has 1 amide bonds. The summed E-state index contributed by atoms with van der Waals surface area (Å²) in [5, 5.41) is 4.04. The number of amides is 1. The molecule has 7 heteroatoms. The summed E-state index contributed by atoms with van der Waals surface area (Å²) in [6, 6.07) is 3.47. The van der Waals surface area contributed by atoms with Crippen LogP contribution in [0, 0.1) is 5.92 Å². The SMILES string of the molecule is CCN(C[C@@H]1CCOC1)C(=O)c1ccnc(-n2cncn2)c1. The summed E-state index contributed by atoms with van der Waals surface area (Å²) in [6.07, 6.45) is 5.64. The maximum Gasteiger partial charge on any atom is 0.254 e. The van der Waals surface area contributed by atoms with Crippen LogP contribution in [0.15, 0.2) is 31.0 Å². The lowest BCUT2D eigenvalue weighted by molar-refractivity contribution is 0.0730. The normalized spacial score (nSPS) is 17.6. The molecule has 0 unspecified atom stereocenters. The van der Waals surface area contributed by atoms with Gasteiger partial charge in [-0.25, -0.2) is 14.6 Å². The summed E-state index contributed by atoms with van der Waals surface area (Å²) < 4.78 is 6.93. The molecule has 0 aromatic carbocycles. The lowest BCUT2D eigenvalue weighted by atomic mass is 10.1. The third-order valence-electron chi connectivity index (χ3n) is 3.82. The van der Waals surface area contributed by atoms with Gasteiger partial charge in [-0.3, -0.25) is 4.79 Å². The lowest BCUT2D eigenvalue weighted by Crippen LogP contribution is -2.35. The number of ether oxygens (including phenoxy) is 1. The van der Waals surface area contributed by atoms with Crippen LogP contribution < -0.4 is 0 Å². The van der Waals surface area contributed by atoms with Crippen LogP contribution in [-0.2, 0) is 4.74 Å². The van der Waals surface area contributed by atoms with Crippen LogP contribution in [0.3, 0.4) is 0 Å². The minimum Gasteiger partial charge on any atom is -0.381 e. The van der Waals surface area contributed by atoms with Gasteiger partial charge in [-0.05, 0) is 25.5 Å². The molecule has 22 heavy (non-hydrogen) atoms. The quantitative estimate of drug-likeness (QED) is 0.828. The zero-order valence-corrected chi connectivity index (χ0v) is 12.6. The van der Waals surface area contributed by atoms with Crippen molar-refractivity contribution >= 4 is 5.91 Å². The van der Waals surface area contributed by atoms with E-state index in [4.69, 9.17) is 4.74 Å². The van der Waals surface area contributed by atoms with Crippen molar-refractivity contribution in [2.75, 3.05) is 26.3 Å². The Hall–Kier alpha value is -2.28. The average Bonchev–Trinajstić information content (AvgIpc) is 3.25. The third-order valence-corrected chi connectivity index (χ3v) is 3.82. The maximum absolute atomic E-state index is 12.7. The second-order valence-corrected chi connectivity index (χ2v) is 5.32. The summed E-state index contributed by atoms with van der Waals surface area (Å²) in [5.41, 5.74) is 0.612. The number of hydrogen-bond donors (Lipinski definition) is 0. The molecule has 7 nitrogen and oxygen atoms in total. The van der Waals surface area contributed by atoms with Crippen molar-refractivity contribution in [1.82, 2.24) is 24.6 Å². The van der Waals surface area contributed by atoms with E-state index in [9.17, 15) is 4.79 Å². The molecule has 0 saturated carbocycles. The van der Waals surface area contributed by atoms with Crippen molar-refractivity contribution in [2.24, 2.45) is 5.92 Å². The molecule has 1 saturated heterocycles. The molecular formula is C15H19N5O2. The monoisotopic (exact) mass is 301 g/mol. The molecule has 0 N–H and O–H groups in total. The van der Waals surface area contributed by atoms with E-state index < -0.39 is 0 Å².